The van der Waals surface area contributed by atoms with E-state index in [-0.39, 0.29) is 17.1 Å². The standard InChI is InChI=1S/C25H15BrClNO2/c26-17-7-10-23-21(12-17)16(14-28(23)13-15-5-8-18(27)9-6-15)11-22-24(29)19-3-1-2-4-20(19)25(22)30/h1-12,14H,13H2. The smallest absolute Gasteiger partial charge is 0.197 e. The van der Waals surface area contributed by atoms with Crippen molar-refractivity contribution in [2.75, 3.05) is 0 Å². The Morgan fingerprint density at radius 1 is 0.900 bits per heavy atom. The number of Topliss-reactive ketones (excluding diaryl/α,β-unsaturated/α-hetero) is 2. The molecule has 1 aliphatic rings. The Kier molecular flexibility index (Phi) is 4.69. The Morgan fingerprint density at radius 2 is 1.57 bits per heavy atom. The van der Waals surface area contributed by atoms with E-state index >= 15 is 0 Å². The second kappa shape index (κ2) is 7.38. The van der Waals surface area contributed by atoms with E-state index in [9.17, 15) is 9.59 Å². The van der Waals surface area contributed by atoms with E-state index < -0.39 is 0 Å². The normalized spacial score (nSPS) is 13.2. The summed E-state index contributed by atoms with van der Waals surface area (Å²) >= 11 is 9.54. The molecular formula is C25H15BrClNO2. The van der Waals surface area contributed by atoms with E-state index in [0.717, 1.165) is 26.5 Å². The minimum Gasteiger partial charge on any atom is -0.342 e. The van der Waals surface area contributed by atoms with Crippen molar-refractivity contribution < 1.29 is 9.59 Å². The highest BCUT2D eigenvalue weighted by molar-refractivity contribution is 9.10. The van der Waals surface area contributed by atoms with Crippen molar-refractivity contribution in [3.8, 4) is 0 Å². The van der Waals surface area contributed by atoms with E-state index in [0.29, 0.717) is 22.7 Å². The number of ketones is 2. The van der Waals surface area contributed by atoms with E-state index in [1.807, 2.05) is 48.7 Å². The molecule has 0 saturated carbocycles. The third-order valence-corrected chi connectivity index (χ3v) is 6.09. The number of carbonyl (C=O) groups excluding carboxylic acids is 2. The van der Waals surface area contributed by atoms with Gasteiger partial charge in [0.25, 0.3) is 0 Å². The maximum Gasteiger partial charge on any atom is 0.197 e. The van der Waals surface area contributed by atoms with Crippen molar-refractivity contribution in [2.24, 2.45) is 0 Å². The molecule has 3 nitrogen and oxygen atoms in total. The maximum absolute atomic E-state index is 12.8. The summed E-state index contributed by atoms with van der Waals surface area (Å²) in [5.41, 5.74) is 4.13. The molecule has 30 heavy (non-hydrogen) atoms. The molecule has 1 aliphatic carbocycles. The molecule has 3 aromatic carbocycles. The van der Waals surface area contributed by atoms with Crippen molar-refractivity contribution in [1.29, 1.82) is 0 Å². The van der Waals surface area contributed by atoms with Crippen LogP contribution in [-0.4, -0.2) is 16.1 Å². The molecule has 146 valence electrons. The Morgan fingerprint density at radius 3 is 2.23 bits per heavy atom. The summed E-state index contributed by atoms with van der Waals surface area (Å²) in [7, 11) is 0. The summed E-state index contributed by atoms with van der Waals surface area (Å²) in [5, 5.41) is 1.67. The Balaban J connectivity index is 1.62. The fourth-order valence-electron chi connectivity index (χ4n) is 3.89. The first-order valence-electron chi connectivity index (χ1n) is 9.44. The number of fused-ring (bicyclic) bond motifs is 2. The lowest BCUT2D eigenvalue weighted by Crippen LogP contribution is -2.00. The van der Waals surface area contributed by atoms with Gasteiger partial charge in [-0.25, -0.2) is 0 Å². The van der Waals surface area contributed by atoms with Crippen LogP contribution in [0.15, 0.2) is 83.0 Å². The average molecular weight is 477 g/mol. The molecule has 0 fully saturated rings. The molecule has 0 bridgehead atoms. The van der Waals surface area contributed by atoms with Crippen LogP contribution in [0.1, 0.15) is 31.8 Å². The third-order valence-electron chi connectivity index (χ3n) is 5.35. The summed E-state index contributed by atoms with van der Waals surface area (Å²) < 4.78 is 3.06. The molecular weight excluding hydrogens is 462 g/mol. The summed E-state index contributed by atoms with van der Waals surface area (Å²) in [6.07, 6.45) is 3.71. The van der Waals surface area contributed by atoms with Gasteiger partial charge < -0.3 is 4.57 Å². The molecule has 0 unspecified atom stereocenters. The number of hydrogen-bond donors (Lipinski definition) is 0. The molecule has 0 atom stereocenters. The van der Waals surface area contributed by atoms with Gasteiger partial charge in [-0.15, -0.1) is 0 Å². The van der Waals surface area contributed by atoms with Crippen LogP contribution >= 0.6 is 27.5 Å². The van der Waals surface area contributed by atoms with Gasteiger partial charge in [-0.1, -0.05) is 63.9 Å². The van der Waals surface area contributed by atoms with Crippen LogP contribution in [0.2, 0.25) is 5.02 Å². The molecule has 0 amide bonds. The highest BCUT2D eigenvalue weighted by Gasteiger charge is 2.32. The summed E-state index contributed by atoms with van der Waals surface area (Å²) in [6.45, 7) is 0.653. The lowest BCUT2D eigenvalue weighted by molar-refractivity contribution is 0.0990. The van der Waals surface area contributed by atoms with E-state index in [1.54, 1.807) is 30.3 Å². The minimum absolute atomic E-state index is 0.210. The Labute approximate surface area is 186 Å². The molecule has 1 heterocycles. The number of rotatable bonds is 3. The van der Waals surface area contributed by atoms with Gasteiger partial charge in [0.05, 0.1) is 5.57 Å². The van der Waals surface area contributed by atoms with Gasteiger partial charge in [-0.2, -0.15) is 0 Å². The number of nitrogens with zero attached hydrogens (tertiary/aromatic N) is 1. The van der Waals surface area contributed by atoms with Gasteiger partial charge >= 0.3 is 0 Å². The molecule has 0 N–H and O–H groups in total. The van der Waals surface area contributed by atoms with Crippen LogP contribution in [0.25, 0.3) is 17.0 Å². The lowest BCUT2D eigenvalue weighted by atomic mass is 10.1. The topological polar surface area (TPSA) is 39.1 Å². The predicted octanol–water partition coefficient (Wildman–Crippen LogP) is 6.57. The molecule has 0 radical (unpaired) electrons. The van der Waals surface area contributed by atoms with Gasteiger partial charge in [-0.3, -0.25) is 9.59 Å². The van der Waals surface area contributed by atoms with Gasteiger partial charge in [0.15, 0.2) is 11.6 Å². The fraction of sp³-hybridized carbons (Fsp3) is 0.0400. The van der Waals surface area contributed by atoms with Crippen molar-refractivity contribution in [1.82, 2.24) is 4.57 Å². The fourth-order valence-corrected chi connectivity index (χ4v) is 4.38. The van der Waals surface area contributed by atoms with Crippen molar-refractivity contribution in [3.63, 3.8) is 0 Å². The first-order chi connectivity index (χ1) is 14.5. The summed E-state index contributed by atoms with van der Waals surface area (Å²) in [6, 6.07) is 20.7. The SMILES string of the molecule is O=C1C(=Cc2cn(Cc3ccc(Cl)cc3)c3ccc(Br)cc23)C(=O)c2ccccc21. The van der Waals surface area contributed by atoms with Crippen LogP contribution < -0.4 is 0 Å². The lowest BCUT2D eigenvalue weighted by Gasteiger charge is -2.06. The number of benzene rings is 3. The van der Waals surface area contributed by atoms with Crippen molar-refractivity contribution >= 4 is 56.1 Å². The first kappa shape index (κ1) is 19.0. The predicted molar refractivity (Wildman–Crippen MR) is 123 cm³/mol. The van der Waals surface area contributed by atoms with Gasteiger partial charge in [0.1, 0.15) is 0 Å². The highest BCUT2D eigenvalue weighted by atomic mass is 79.9. The zero-order valence-electron chi connectivity index (χ0n) is 15.7. The second-order valence-electron chi connectivity index (χ2n) is 7.26. The molecule has 0 spiro atoms. The van der Waals surface area contributed by atoms with E-state index in [2.05, 4.69) is 20.5 Å². The highest BCUT2D eigenvalue weighted by Crippen LogP contribution is 2.32. The van der Waals surface area contributed by atoms with E-state index in [1.165, 1.54) is 0 Å². The first-order valence-corrected chi connectivity index (χ1v) is 10.6. The van der Waals surface area contributed by atoms with E-state index in [4.69, 9.17) is 11.6 Å². The van der Waals surface area contributed by atoms with Crippen molar-refractivity contribution in [3.05, 3.63) is 110 Å². The molecule has 1 aromatic heterocycles. The summed E-state index contributed by atoms with van der Waals surface area (Å²) in [5.74, 6) is -0.437. The van der Waals surface area contributed by atoms with Gasteiger partial charge in [0.2, 0.25) is 0 Å². The zero-order valence-corrected chi connectivity index (χ0v) is 18.1. The van der Waals surface area contributed by atoms with Crippen molar-refractivity contribution in [2.45, 2.75) is 6.54 Å². The molecule has 5 rings (SSSR count). The number of halogens is 2. The number of hydrogen-bond acceptors (Lipinski definition) is 2. The molecule has 4 aromatic rings. The molecule has 0 saturated heterocycles. The average Bonchev–Trinajstić information content (AvgIpc) is 3.20. The summed E-state index contributed by atoms with van der Waals surface area (Å²) in [4.78, 5) is 25.7. The monoisotopic (exact) mass is 475 g/mol. The maximum atomic E-state index is 12.8. The van der Waals surface area contributed by atoms with Crippen LogP contribution in [0.5, 0.6) is 0 Å². The van der Waals surface area contributed by atoms with Gasteiger partial charge in [-0.05, 0) is 42.0 Å². The zero-order chi connectivity index (χ0) is 20.8. The Bertz CT molecular complexity index is 1330. The molecule has 5 heteroatoms. The van der Waals surface area contributed by atoms with Gasteiger partial charge in [0, 0.05) is 49.8 Å². The Hall–Kier alpha value is -2.95. The second-order valence-corrected chi connectivity index (χ2v) is 8.61. The van der Waals surface area contributed by atoms with Crippen LogP contribution in [0.3, 0.4) is 0 Å². The van der Waals surface area contributed by atoms with Crippen LogP contribution in [0, 0.1) is 0 Å². The number of aromatic nitrogens is 1. The largest absolute Gasteiger partial charge is 0.342 e. The number of allylic oxidation sites excluding steroid dienone is 1. The molecule has 0 aliphatic heterocycles. The third kappa shape index (κ3) is 3.22. The van der Waals surface area contributed by atoms with Crippen LogP contribution in [0.4, 0.5) is 0 Å². The quantitative estimate of drug-likeness (QED) is 0.248. The van der Waals surface area contributed by atoms with Crippen LogP contribution in [-0.2, 0) is 6.54 Å². The minimum atomic E-state index is -0.218. The number of carbonyl (C=O) groups is 2.